The van der Waals surface area contributed by atoms with Gasteiger partial charge in [-0.1, -0.05) is 35.5 Å². The van der Waals surface area contributed by atoms with Gasteiger partial charge in [0.05, 0.1) is 20.8 Å². The first-order valence-electron chi connectivity index (χ1n) is 7.81. The monoisotopic (exact) mass is 393 g/mol. The van der Waals surface area contributed by atoms with Gasteiger partial charge >= 0.3 is 0 Å². The fourth-order valence-electron chi connectivity index (χ4n) is 2.46. The van der Waals surface area contributed by atoms with Crippen molar-refractivity contribution in [2.45, 2.75) is 9.10 Å². The SMILES string of the molecule is N#C/C(=C/c1ccc(Sc2ccc(Cl)cc2)s1)c1nc2ccccc2[nH]1. The van der Waals surface area contributed by atoms with Gasteiger partial charge in [-0.05, 0) is 54.6 Å². The molecular formula is C20H12ClN3S2. The van der Waals surface area contributed by atoms with E-state index in [2.05, 4.69) is 22.1 Å². The number of imidazole rings is 1. The number of para-hydroxylation sites is 2. The lowest BCUT2D eigenvalue weighted by Gasteiger charge is -1.97. The second-order valence-corrected chi connectivity index (χ2v) is 8.41. The maximum Gasteiger partial charge on any atom is 0.149 e. The quantitative estimate of drug-likeness (QED) is 0.403. The molecule has 3 nitrogen and oxygen atoms in total. The number of nitriles is 1. The minimum absolute atomic E-state index is 0.520. The molecule has 0 aliphatic heterocycles. The van der Waals surface area contributed by atoms with Crippen LogP contribution in [0.4, 0.5) is 0 Å². The number of nitrogens with zero attached hydrogens (tertiary/aromatic N) is 2. The third-order valence-corrected chi connectivity index (χ3v) is 6.11. The van der Waals surface area contributed by atoms with E-state index >= 15 is 0 Å². The number of thiophene rings is 1. The number of fused-ring (bicyclic) bond motifs is 1. The van der Waals surface area contributed by atoms with Crippen molar-refractivity contribution in [2.24, 2.45) is 0 Å². The number of aromatic nitrogens is 2. The molecule has 2 aromatic carbocycles. The normalized spacial score (nSPS) is 11.6. The third kappa shape index (κ3) is 3.68. The number of nitrogens with one attached hydrogen (secondary N) is 1. The van der Waals surface area contributed by atoms with E-state index in [0.29, 0.717) is 11.4 Å². The van der Waals surface area contributed by atoms with E-state index in [9.17, 15) is 5.26 Å². The second-order valence-electron chi connectivity index (χ2n) is 5.49. The summed E-state index contributed by atoms with van der Waals surface area (Å²) in [4.78, 5) is 9.85. The van der Waals surface area contributed by atoms with Gasteiger partial charge in [0.15, 0.2) is 0 Å². The molecule has 2 aromatic heterocycles. The largest absolute Gasteiger partial charge is 0.337 e. The van der Waals surface area contributed by atoms with Crippen LogP contribution in [0.15, 0.2) is 69.8 Å². The average molecular weight is 394 g/mol. The molecule has 0 saturated carbocycles. The third-order valence-electron chi connectivity index (χ3n) is 3.69. The Morgan fingerprint density at radius 1 is 1.12 bits per heavy atom. The fourth-order valence-corrected chi connectivity index (χ4v) is 4.65. The number of benzene rings is 2. The van der Waals surface area contributed by atoms with Crippen LogP contribution in [0.5, 0.6) is 0 Å². The van der Waals surface area contributed by atoms with Crippen LogP contribution in [-0.4, -0.2) is 9.97 Å². The topological polar surface area (TPSA) is 52.5 Å². The van der Waals surface area contributed by atoms with E-state index < -0.39 is 0 Å². The average Bonchev–Trinajstić information content (AvgIpc) is 3.28. The van der Waals surface area contributed by atoms with Gasteiger partial charge in [-0.15, -0.1) is 11.3 Å². The highest BCUT2D eigenvalue weighted by Gasteiger charge is 2.09. The van der Waals surface area contributed by atoms with Crippen LogP contribution in [0.2, 0.25) is 5.02 Å². The smallest absolute Gasteiger partial charge is 0.149 e. The lowest BCUT2D eigenvalue weighted by Crippen LogP contribution is -1.83. The van der Waals surface area contributed by atoms with Gasteiger partial charge in [0, 0.05) is 14.8 Å². The molecule has 0 amide bonds. The molecule has 0 spiro atoms. The van der Waals surface area contributed by atoms with E-state index in [-0.39, 0.29) is 0 Å². The van der Waals surface area contributed by atoms with Crippen molar-refractivity contribution in [3.05, 3.63) is 76.4 Å². The maximum absolute atomic E-state index is 9.54. The standard InChI is InChI=1S/C20H12ClN3S2/c21-14-5-7-15(8-6-14)25-19-10-9-16(26-19)11-13(12-22)20-23-17-3-1-2-4-18(17)24-20/h1-11H,(H,23,24)/b13-11-. The van der Waals surface area contributed by atoms with Crippen molar-refractivity contribution >= 4 is 57.4 Å². The Labute approximate surface area is 164 Å². The maximum atomic E-state index is 9.54. The predicted molar refractivity (Wildman–Crippen MR) is 109 cm³/mol. The molecule has 0 aliphatic carbocycles. The molecule has 2 heterocycles. The molecule has 0 saturated heterocycles. The minimum Gasteiger partial charge on any atom is -0.337 e. The number of allylic oxidation sites excluding steroid dienone is 1. The first-order valence-corrected chi connectivity index (χ1v) is 9.82. The summed E-state index contributed by atoms with van der Waals surface area (Å²) in [6.45, 7) is 0. The van der Waals surface area contributed by atoms with E-state index in [1.165, 1.54) is 0 Å². The van der Waals surface area contributed by atoms with Gasteiger partial charge in [-0.3, -0.25) is 0 Å². The summed E-state index contributed by atoms with van der Waals surface area (Å²) in [5.41, 5.74) is 2.30. The van der Waals surface area contributed by atoms with E-state index in [1.807, 2.05) is 60.7 Å². The van der Waals surface area contributed by atoms with Crippen molar-refractivity contribution in [3.8, 4) is 6.07 Å². The minimum atomic E-state index is 0.520. The predicted octanol–water partition coefficient (Wildman–Crippen LogP) is 6.49. The van der Waals surface area contributed by atoms with Gasteiger partial charge in [-0.2, -0.15) is 5.26 Å². The molecule has 0 fully saturated rings. The number of halogens is 1. The highest BCUT2D eigenvalue weighted by Crippen LogP contribution is 2.35. The Balaban J connectivity index is 1.59. The summed E-state index contributed by atoms with van der Waals surface area (Å²) in [6.07, 6.45) is 1.87. The van der Waals surface area contributed by atoms with Crippen molar-refractivity contribution in [1.82, 2.24) is 9.97 Å². The molecule has 0 bridgehead atoms. The number of hydrogen-bond acceptors (Lipinski definition) is 4. The van der Waals surface area contributed by atoms with Crippen molar-refractivity contribution in [3.63, 3.8) is 0 Å². The molecule has 4 rings (SSSR count). The van der Waals surface area contributed by atoms with Crippen molar-refractivity contribution in [2.75, 3.05) is 0 Å². The van der Waals surface area contributed by atoms with E-state index in [0.717, 1.165) is 30.0 Å². The zero-order valence-corrected chi connectivity index (χ0v) is 15.8. The molecule has 6 heteroatoms. The van der Waals surface area contributed by atoms with Crippen LogP contribution in [0.25, 0.3) is 22.7 Å². The van der Waals surface area contributed by atoms with Crippen LogP contribution in [0, 0.1) is 11.3 Å². The molecule has 126 valence electrons. The Bertz CT molecular complexity index is 1100. The zero-order valence-electron chi connectivity index (χ0n) is 13.4. The summed E-state index contributed by atoms with van der Waals surface area (Å²) in [7, 11) is 0. The van der Waals surface area contributed by atoms with Gasteiger partial charge in [0.2, 0.25) is 0 Å². The number of rotatable bonds is 4. The summed E-state index contributed by atoms with van der Waals surface area (Å²) < 4.78 is 1.15. The number of aromatic amines is 1. The Kier molecular flexibility index (Phi) is 4.81. The summed E-state index contributed by atoms with van der Waals surface area (Å²) >= 11 is 9.24. The van der Waals surface area contributed by atoms with Crippen LogP contribution < -0.4 is 0 Å². The molecule has 0 atom stereocenters. The first kappa shape index (κ1) is 16.9. The highest BCUT2D eigenvalue weighted by atomic mass is 35.5. The Morgan fingerprint density at radius 3 is 2.69 bits per heavy atom. The summed E-state index contributed by atoms with van der Waals surface area (Å²) in [5.74, 6) is 0.592. The molecule has 0 radical (unpaired) electrons. The Hall–Kier alpha value is -2.52. The van der Waals surface area contributed by atoms with Gasteiger partial charge in [-0.25, -0.2) is 4.98 Å². The summed E-state index contributed by atoms with van der Waals surface area (Å²) in [6, 6.07) is 21.8. The molecular weight excluding hydrogens is 382 g/mol. The van der Waals surface area contributed by atoms with E-state index in [1.54, 1.807) is 23.1 Å². The molecule has 0 aliphatic rings. The molecule has 26 heavy (non-hydrogen) atoms. The summed E-state index contributed by atoms with van der Waals surface area (Å²) in [5, 5.41) is 10.3. The second kappa shape index (κ2) is 7.38. The van der Waals surface area contributed by atoms with Crippen LogP contribution in [-0.2, 0) is 0 Å². The Morgan fingerprint density at radius 2 is 1.92 bits per heavy atom. The molecule has 1 N–H and O–H groups in total. The van der Waals surface area contributed by atoms with E-state index in [4.69, 9.17) is 11.6 Å². The number of hydrogen-bond donors (Lipinski definition) is 1. The molecule has 0 unspecified atom stereocenters. The van der Waals surface area contributed by atoms with Crippen LogP contribution >= 0.6 is 34.7 Å². The lowest BCUT2D eigenvalue weighted by atomic mass is 10.2. The van der Waals surface area contributed by atoms with Gasteiger partial charge in [0.25, 0.3) is 0 Å². The van der Waals surface area contributed by atoms with Crippen LogP contribution in [0.1, 0.15) is 10.7 Å². The zero-order chi connectivity index (χ0) is 17.9. The van der Waals surface area contributed by atoms with Gasteiger partial charge < -0.3 is 4.98 Å². The van der Waals surface area contributed by atoms with Gasteiger partial charge in [0.1, 0.15) is 11.9 Å². The molecule has 4 aromatic rings. The van der Waals surface area contributed by atoms with Crippen LogP contribution in [0.3, 0.4) is 0 Å². The lowest BCUT2D eigenvalue weighted by molar-refractivity contribution is 1.27. The van der Waals surface area contributed by atoms with Crippen molar-refractivity contribution in [1.29, 1.82) is 5.26 Å². The highest BCUT2D eigenvalue weighted by molar-refractivity contribution is 8.01. The first-order chi connectivity index (χ1) is 12.7. The number of H-pyrrole nitrogens is 1. The fraction of sp³-hybridized carbons (Fsp3) is 0. The van der Waals surface area contributed by atoms with Crippen molar-refractivity contribution < 1.29 is 0 Å².